The minimum absolute atomic E-state index is 0.0800. The van der Waals surface area contributed by atoms with Gasteiger partial charge in [0.2, 0.25) is 5.91 Å². The number of rotatable bonds is 5. The molecule has 0 aliphatic rings. The fourth-order valence-electron chi connectivity index (χ4n) is 2.32. The number of aromatic nitrogens is 4. The summed E-state index contributed by atoms with van der Waals surface area (Å²) in [4.78, 5) is 32.1. The Kier molecular flexibility index (Phi) is 4.18. The molecule has 3 aromatic rings. The van der Waals surface area contributed by atoms with Gasteiger partial charge >= 0.3 is 0 Å². The quantitative estimate of drug-likeness (QED) is 0.723. The van der Waals surface area contributed by atoms with Crippen LogP contribution in [0.5, 0.6) is 0 Å². The van der Waals surface area contributed by atoms with Crippen LogP contribution in [-0.2, 0) is 17.6 Å². The Hall–Kier alpha value is -2.96. The molecule has 0 fully saturated rings. The van der Waals surface area contributed by atoms with Gasteiger partial charge in [-0.25, -0.2) is 4.98 Å². The summed E-state index contributed by atoms with van der Waals surface area (Å²) in [5.74, 6) is 0.546. The van der Waals surface area contributed by atoms with Gasteiger partial charge in [-0.1, -0.05) is 30.3 Å². The normalized spacial score (nSPS) is 10.8. The maximum absolute atomic E-state index is 12.0. The predicted molar refractivity (Wildman–Crippen MR) is 85.2 cm³/mol. The van der Waals surface area contributed by atoms with Gasteiger partial charge in [-0.3, -0.25) is 14.7 Å². The van der Waals surface area contributed by atoms with Crippen molar-refractivity contribution in [3.05, 3.63) is 63.8 Å². The average molecular weight is 311 g/mol. The van der Waals surface area contributed by atoms with Crippen molar-refractivity contribution in [1.29, 1.82) is 0 Å². The highest BCUT2D eigenvalue weighted by molar-refractivity contribution is 5.77. The molecular formula is C16H17N5O2. The standard InChI is InChI=1S/C16H17N5O2/c1-11-9-15(23)21-16(18-11)19-13(20-21)10-14(22)17-8-7-12-5-3-2-4-6-12/h2-6,9H,7-8,10H2,1H3,(H,17,22)(H,18,19,20). The topological polar surface area (TPSA) is 92.1 Å². The highest BCUT2D eigenvalue weighted by atomic mass is 16.1. The molecule has 7 nitrogen and oxygen atoms in total. The van der Waals surface area contributed by atoms with Gasteiger partial charge in [0.1, 0.15) is 5.82 Å². The van der Waals surface area contributed by atoms with Crippen molar-refractivity contribution in [2.45, 2.75) is 19.8 Å². The zero-order valence-corrected chi connectivity index (χ0v) is 12.7. The maximum Gasteiger partial charge on any atom is 0.274 e. The van der Waals surface area contributed by atoms with Crippen LogP contribution in [0, 0.1) is 6.92 Å². The van der Waals surface area contributed by atoms with E-state index in [4.69, 9.17) is 0 Å². The number of benzene rings is 1. The molecule has 3 rings (SSSR count). The van der Waals surface area contributed by atoms with Crippen LogP contribution in [0.25, 0.3) is 5.78 Å². The van der Waals surface area contributed by atoms with E-state index < -0.39 is 0 Å². The van der Waals surface area contributed by atoms with E-state index in [0.717, 1.165) is 6.42 Å². The lowest BCUT2D eigenvalue weighted by Gasteiger charge is -2.03. The van der Waals surface area contributed by atoms with Crippen molar-refractivity contribution >= 4 is 11.7 Å². The van der Waals surface area contributed by atoms with Crippen LogP contribution >= 0.6 is 0 Å². The molecule has 2 N–H and O–H groups in total. The molecule has 0 saturated carbocycles. The van der Waals surface area contributed by atoms with Crippen molar-refractivity contribution < 1.29 is 4.79 Å². The van der Waals surface area contributed by atoms with Gasteiger partial charge in [0.15, 0.2) is 0 Å². The average Bonchev–Trinajstić information content (AvgIpc) is 2.91. The van der Waals surface area contributed by atoms with Gasteiger partial charge in [-0.2, -0.15) is 9.50 Å². The van der Waals surface area contributed by atoms with Crippen molar-refractivity contribution in [3.63, 3.8) is 0 Å². The Morgan fingerprint density at radius 3 is 2.83 bits per heavy atom. The number of hydrogen-bond donors (Lipinski definition) is 2. The van der Waals surface area contributed by atoms with E-state index in [9.17, 15) is 9.59 Å². The molecule has 0 unspecified atom stereocenters. The van der Waals surface area contributed by atoms with E-state index in [2.05, 4.69) is 20.4 Å². The van der Waals surface area contributed by atoms with Crippen LogP contribution < -0.4 is 10.9 Å². The van der Waals surface area contributed by atoms with Crippen LogP contribution in [0.4, 0.5) is 0 Å². The third-order valence-corrected chi connectivity index (χ3v) is 3.41. The number of carbonyl (C=O) groups excluding carboxylic acids is 1. The van der Waals surface area contributed by atoms with Crippen molar-refractivity contribution in [2.75, 3.05) is 6.54 Å². The summed E-state index contributed by atoms with van der Waals surface area (Å²) in [6.45, 7) is 2.28. The van der Waals surface area contributed by atoms with Crippen molar-refractivity contribution in [1.82, 2.24) is 24.9 Å². The van der Waals surface area contributed by atoms with Crippen LogP contribution in [-0.4, -0.2) is 32.0 Å². The zero-order valence-electron chi connectivity index (χ0n) is 12.7. The van der Waals surface area contributed by atoms with E-state index >= 15 is 0 Å². The Labute approximate surface area is 132 Å². The number of H-pyrrole nitrogens is 1. The van der Waals surface area contributed by atoms with E-state index in [1.807, 2.05) is 30.3 Å². The molecule has 1 amide bonds. The lowest BCUT2D eigenvalue weighted by molar-refractivity contribution is -0.120. The molecular weight excluding hydrogens is 294 g/mol. The van der Waals surface area contributed by atoms with E-state index in [0.29, 0.717) is 18.1 Å². The second-order valence-electron chi connectivity index (χ2n) is 5.30. The molecule has 0 atom stereocenters. The maximum atomic E-state index is 12.0. The van der Waals surface area contributed by atoms with Gasteiger partial charge in [0.25, 0.3) is 11.3 Å². The first-order chi connectivity index (χ1) is 11.1. The Bertz CT molecular complexity index is 882. The summed E-state index contributed by atoms with van der Waals surface area (Å²) in [6.07, 6.45) is 0.851. The van der Waals surface area contributed by atoms with Crippen LogP contribution in [0.2, 0.25) is 0 Å². The molecule has 0 spiro atoms. The summed E-state index contributed by atoms with van der Waals surface area (Å²) < 4.78 is 1.24. The molecule has 0 aliphatic heterocycles. The number of carbonyl (C=O) groups is 1. The van der Waals surface area contributed by atoms with Gasteiger partial charge in [-0.05, 0) is 18.9 Å². The minimum atomic E-state index is -0.240. The van der Waals surface area contributed by atoms with E-state index in [-0.39, 0.29) is 23.7 Å². The molecule has 0 aliphatic carbocycles. The van der Waals surface area contributed by atoms with Gasteiger partial charge in [-0.15, -0.1) is 0 Å². The number of nitrogens with zero attached hydrogens (tertiary/aromatic N) is 3. The second-order valence-corrected chi connectivity index (χ2v) is 5.30. The summed E-state index contributed by atoms with van der Waals surface area (Å²) >= 11 is 0. The summed E-state index contributed by atoms with van der Waals surface area (Å²) in [7, 11) is 0. The Morgan fingerprint density at radius 1 is 1.26 bits per heavy atom. The largest absolute Gasteiger partial charge is 0.355 e. The molecule has 0 radical (unpaired) electrons. The molecule has 2 aromatic heterocycles. The third-order valence-electron chi connectivity index (χ3n) is 3.41. The molecule has 0 bridgehead atoms. The minimum Gasteiger partial charge on any atom is -0.355 e. The molecule has 7 heteroatoms. The van der Waals surface area contributed by atoms with Crippen LogP contribution in [0.1, 0.15) is 17.1 Å². The number of aromatic amines is 1. The highest BCUT2D eigenvalue weighted by Crippen LogP contribution is 2.00. The number of amides is 1. The lowest BCUT2D eigenvalue weighted by Crippen LogP contribution is -2.27. The lowest BCUT2D eigenvalue weighted by atomic mass is 10.1. The number of nitrogens with one attached hydrogen (secondary N) is 2. The second kappa shape index (κ2) is 6.43. The fourth-order valence-corrected chi connectivity index (χ4v) is 2.32. The molecule has 2 heterocycles. The fraction of sp³-hybridized carbons (Fsp3) is 0.250. The first kappa shape index (κ1) is 15.0. The number of aryl methyl sites for hydroxylation is 1. The van der Waals surface area contributed by atoms with E-state index in [1.165, 1.54) is 16.1 Å². The van der Waals surface area contributed by atoms with E-state index in [1.54, 1.807) is 6.92 Å². The molecule has 1 aromatic carbocycles. The first-order valence-corrected chi connectivity index (χ1v) is 7.38. The SMILES string of the molecule is Cc1cc(=O)n2[nH]c(CC(=O)NCCc3ccccc3)nc2n1. The summed E-state index contributed by atoms with van der Waals surface area (Å²) in [6, 6.07) is 11.4. The Balaban J connectivity index is 1.59. The smallest absolute Gasteiger partial charge is 0.274 e. The first-order valence-electron chi connectivity index (χ1n) is 7.38. The monoisotopic (exact) mass is 311 g/mol. The Morgan fingerprint density at radius 2 is 2.04 bits per heavy atom. The van der Waals surface area contributed by atoms with Crippen molar-refractivity contribution in [3.8, 4) is 0 Å². The third kappa shape index (κ3) is 3.63. The van der Waals surface area contributed by atoms with Crippen LogP contribution in [0.15, 0.2) is 41.2 Å². The predicted octanol–water partition coefficient (Wildman–Crippen LogP) is 0.627. The molecule has 118 valence electrons. The molecule has 23 heavy (non-hydrogen) atoms. The molecule has 0 saturated heterocycles. The van der Waals surface area contributed by atoms with Crippen LogP contribution in [0.3, 0.4) is 0 Å². The number of hydrogen-bond acceptors (Lipinski definition) is 4. The van der Waals surface area contributed by atoms with Gasteiger partial charge < -0.3 is 5.32 Å². The summed E-state index contributed by atoms with van der Waals surface area (Å²) in [5.41, 5.74) is 1.53. The van der Waals surface area contributed by atoms with Gasteiger partial charge in [0.05, 0.1) is 6.42 Å². The summed E-state index contributed by atoms with van der Waals surface area (Å²) in [5, 5.41) is 5.64. The zero-order chi connectivity index (χ0) is 16.2. The number of fused-ring (bicyclic) bond motifs is 1. The van der Waals surface area contributed by atoms with Gasteiger partial charge in [0, 0.05) is 18.3 Å². The highest BCUT2D eigenvalue weighted by Gasteiger charge is 2.10. The van der Waals surface area contributed by atoms with Crippen molar-refractivity contribution in [2.24, 2.45) is 0 Å².